The van der Waals surface area contributed by atoms with E-state index >= 15 is 0 Å². The lowest BCUT2D eigenvalue weighted by atomic mass is 9.96. The van der Waals surface area contributed by atoms with Crippen molar-refractivity contribution < 1.29 is 14.5 Å². The summed E-state index contributed by atoms with van der Waals surface area (Å²) in [5.41, 5.74) is -0.254. The van der Waals surface area contributed by atoms with Crippen molar-refractivity contribution in [1.82, 2.24) is 10.6 Å². The summed E-state index contributed by atoms with van der Waals surface area (Å²) in [5.74, 6) is 0.319. The number of benzene rings is 1. The van der Waals surface area contributed by atoms with Crippen molar-refractivity contribution in [2.45, 2.75) is 32.3 Å². The molecule has 1 heterocycles. The molecular formula is C16H23Cl2N3O4. The molecule has 1 aromatic carbocycles. The normalized spacial score (nSPS) is 17.9. The Morgan fingerprint density at radius 1 is 1.56 bits per heavy atom. The van der Waals surface area contributed by atoms with Gasteiger partial charge in [0.2, 0.25) is 0 Å². The summed E-state index contributed by atoms with van der Waals surface area (Å²) in [7, 11) is 0. The van der Waals surface area contributed by atoms with E-state index in [1.54, 1.807) is 6.92 Å². The Bertz CT molecular complexity index is 595. The first-order chi connectivity index (χ1) is 11.5. The molecule has 0 spiro atoms. The fourth-order valence-electron chi connectivity index (χ4n) is 2.69. The van der Waals surface area contributed by atoms with E-state index in [0.29, 0.717) is 12.5 Å². The van der Waals surface area contributed by atoms with Crippen LogP contribution < -0.4 is 15.4 Å². The minimum Gasteiger partial charge on any atom is -0.474 e. The molecule has 9 heteroatoms. The molecule has 0 aromatic heterocycles. The minimum atomic E-state index is -0.825. The average molecular weight is 392 g/mol. The predicted octanol–water partition coefficient (Wildman–Crippen LogP) is 2.94. The van der Waals surface area contributed by atoms with Gasteiger partial charge in [0.15, 0.2) is 11.9 Å². The van der Waals surface area contributed by atoms with Crippen LogP contribution >= 0.6 is 24.0 Å². The number of nitro benzene ring substituents is 1. The first kappa shape index (κ1) is 21.5. The molecule has 1 aliphatic heterocycles. The number of nitrogens with one attached hydrogen (secondary N) is 2. The number of ether oxygens (including phenoxy) is 1. The molecule has 1 fully saturated rings. The lowest BCUT2D eigenvalue weighted by molar-refractivity contribution is -0.386. The number of hydrogen-bond acceptors (Lipinski definition) is 5. The summed E-state index contributed by atoms with van der Waals surface area (Å²) in [6.07, 6.45) is 2.42. The first-order valence-corrected chi connectivity index (χ1v) is 8.44. The van der Waals surface area contributed by atoms with Crippen LogP contribution in [0.3, 0.4) is 0 Å². The Morgan fingerprint density at radius 3 is 2.96 bits per heavy atom. The molecule has 2 N–H and O–H groups in total. The molecule has 1 saturated heterocycles. The monoisotopic (exact) mass is 391 g/mol. The number of hydrogen-bond donors (Lipinski definition) is 2. The van der Waals surface area contributed by atoms with Crippen molar-refractivity contribution in [3.63, 3.8) is 0 Å². The molecular weight excluding hydrogens is 369 g/mol. The Morgan fingerprint density at radius 2 is 2.32 bits per heavy atom. The number of carbonyl (C=O) groups is 1. The van der Waals surface area contributed by atoms with Crippen LogP contribution in [0.2, 0.25) is 5.02 Å². The quantitative estimate of drug-likeness (QED) is 0.550. The average Bonchev–Trinajstić information content (AvgIpc) is 2.57. The molecule has 1 aliphatic rings. The maximum Gasteiger partial charge on any atom is 0.312 e. The molecule has 140 valence electrons. The molecule has 0 radical (unpaired) electrons. The predicted molar refractivity (Wildman–Crippen MR) is 98.7 cm³/mol. The third-order valence-electron chi connectivity index (χ3n) is 4.04. The third-order valence-corrected chi connectivity index (χ3v) is 4.28. The summed E-state index contributed by atoms with van der Waals surface area (Å²) in [6.45, 7) is 4.18. The lowest BCUT2D eigenvalue weighted by Crippen LogP contribution is -2.38. The third kappa shape index (κ3) is 6.68. The summed E-state index contributed by atoms with van der Waals surface area (Å²) in [6, 6.07) is 4.10. The number of amides is 1. The van der Waals surface area contributed by atoms with Gasteiger partial charge in [0.1, 0.15) is 0 Å². The van der Waals surface area contributed by atoms with E-state index in [9.17, 15) is 14.9 Å². The highest BCUT2D eigenvalue weighted by Crippen LogP contribution is 2.30. The number of halogens is 2. The Labute approximate surface area is 158 Å². The van der Waals surface area contributed by atoms with Crippen LogP contribution in [0.5, 0.6) is 5.75 Å². The molecule has 0 bridgehead atoms. The van der Waals surface area contributed by atoms with Crippen LogP contribution in [0.15, 0.2) is 18.2 Å². The van der Waals surface area contributed by atoms with Gasteiger partial charge in [0.05, 0.1) is 4.92 Å². The van der Waals surface area contributed by atoms with Gasteiger partial charge in [0.25, 0.3) is 5.91 Å². The summed E-state index contributed by atoms with van der Waals surface area (Å²) < 4.78 is 5.44. The number of nitro groups is 1. The number of nitrogens with zero attached hydrogens (tertiary/aromatic N) is 1. The van der Waals surface area contributed by atoms with Crippen molar-refractivity contribution in [2.75, 3.05) is 19.6 Å². The molecule has 2 rings (SSSR count). The van der Waals surface area contributed by atoms with Gasteiger partial charge >= 0.3 is 5.69 Å². The lowest BCUT2D eigenvalue weighted by Gasteiger charge is -2.23. The van der Waals surface area contributed by atoms with Crippen LogP contribution in [0.25, 0.3) is 0 Å². The van der Waals surface area contributed by atoms with Gasteiger partial charge in [-0.3, -0.25) is 14.9 Å². The molecule has 25 heavy (non-hydrogen) atoms. The van der Waals surface area contributed by atoms with E-state index in [1.807, 2.05) is 0 Å². The maximum absolute atomic E-state index is 12.1. The Balaban J connectivity index is 0.00000312. The molecule has 2 atom stereocenters. The van der Waals surface area contributed by atoms with Gasteiger partial charge in [-0.05, 0) is 57.3 Å². The summed E-state index contributed by atoms with van der Waals surface area (Å²) in [5, 5.41) is 17.4. The number of rotatable bonds is 7. The van der Waals surface area contributed by atoms with Crippen molar-refractivity contribution in [3.8, 4) is 5.75 Å². The molecule has 2 unspecified atom stereocenters. The zero-order chi connectivity index (χ0) is 17.5. The first-order valence-electron chi connectivity index (χ1n) is 8.06. The van der Waals surface area contributed by atoms with Gasteiger partial charge in [-0.15, -0.1) is 12.4 Å². The minimum absolute atomic E-state index is 0. The highest BCUT2D eigenvalue weighted by Gasteiger charge is 2.22. The van der Waals surface area contributed by atoms with E-state index in [1.165, 1.54) is 31.0 Å². The number of piperidine rings is 1. The van der Waals surface area contributed by atoms with Crippen molar-refractivity contribution in [1.29, 1.82) is 0 Å². The van der Waals surface area contributed by atoms with Crippen LogP contribution in [-0.4, -0.2) is 36.6 Å². The fraction of sp³-hybridized carbons (Fsp3) is 0.562. The molecule has 0 saturated carbocycles. The second kappa shape index (κ2) is 10.4. The standard InChI is InChI=1S/C16H22ClN3O4.ClH/c1-11(16(21)19-8-6-12-3-2-7-18-10-12)24-15-5-4-13(17)9-14(15)20(22)23;/h4-5,9,11-12,18H,2-3,6-8,10H2,1H3,(H,19,21);1H. The highest BCUT2D eigenvalue weighted by atomic mass is 35.5. The maximum atomic E-state index is 12.1. The van der Waals surface area contributed by atoms with E-state index in [4.69, 9.17) is 16.3 Å². The zero-order valence-electron chi connectivity index (χ0n) is 14.0. The van der Waals surface area contributed by atoms with Gasteiger partial charge in [-0.1, -0.05) is 11.6 Å². The second-order valence-corrected chi connectivity index (χ2v) is 6.36. The largest absolute Gasteiger partial charge is 0.474 e. The molecule has 1 amide bonds. The Kier molecular flexibility index (Phi) is 8.96. The van der Waals surface area contributed by atoms with Crippen molar-refractivity contribution in [2.24, 2.45) is 5.92 Å². The fourth-order valence-corrected chi connectivity index (χ4v) is 2.86. The van der Waals surface area contributed by atoms with Gasteiger partial charge in [-0.25, -0.2) is 0 Å². The van der Waals surface area contributed by atoms with Gasteiger partial charge in [-0.2, -0.15) is 0 Å². The second-order valence-electron chi connectivity index (χ2n) is 5.92. The van der Waals surface area contributed by atoms with Crippen molar-refractivity contribution >= 4 is 35.6 Å². The van der Waals surface area contributed by atoms with Crippen LogP contribution in [0, 0.1) is 16.0 Å². The molecule has 7 nitrogen and oxygen atoms in total. The van der Waals surface area contributed by atoms with E-state index in [0.717, 1.165) is 19.5 Å². The van der Waals surface area contributed by atoms with Gasteiger partial charge in [0, 0.05) is 17.6 Å². The molecule has 0 aliphatic carbocycles. The van der Waals surface area contributed by atoms with Gasteiger partial charge < -0.3 is 15.4 Å². The smallest absolute Gasteiger partial charge is 0.312 e. The number of carbonyl (C=O) groups excluding carboxylic acids is 1. The van der Waals surface area contributed by atoms with Crippen LogP contribution in [-0.2, 0) is 4.79 Å². The van der Waals surface area contributed by atoms with E-state index < -0.39 is 11.0 Å². The molecule has 1 aromatic rings. The van der Waals surface area contributed by atoms with Crippen LogP contribution in [0.4, 0.5) is 5.69 Å². The van der Waals surface area contributed by atoms with Crippen LogP contribution in [0.1, 0.15) is 26.2 Å². The SMILES string of the molecule is CC(Oc1ccc(Cl)cc1[N+](=O)[O-])C(=O)NCCC1CCCNC1.Cl. The topological polar surface area (TPSA) is 93.5 Å². The Hall–Kier alpha value is -1.57. The van der Waals surface area contributed by atoms with E-state index in [2.05, 4.69) is 10.6 Å². The summed E-state index contributed by atoms with van der Waals surface area (Å²) >= 11 is 5.76. The van der Waals surface area contributed by atoms with Crippen molar-refractivity contribution in [3.05, 3.63) is 33.3 Å². The summed E-state index contributed by atoms with van der Waals surface area (Å²) in [4.78, 5) is 22.5. The van der Waals surface area contributed by atoms with E-state index in [-0.39, 0.29) is 34.8 Å². The highest BCUT2D eigenvalue weighted by molar-refractivity contribution is 6.30. The zero-order valence-corrected chi connectivity index (χ0v) is 15.6.